The maximum absolute atomic E-state index is 13.1. The summed E-state index contributed by atoms with van der Waals surface area (Å²) in [5.41, 5.74) is 0.806. The Morgan fingerprint density at radius 3 is 3.06 bits per heavy atom. The largest absolute Gasteiger partial charge is 0.381 e. The number of ether oxygens (including phenoxy) is 1. The Bertz CT molecular complexity index is 248. The molecule has 0 aromatic rings. The van der Waals surface area contributed by atoms with E-state index < -0.39 is 6.17 Å². The average Bonchev–Trinajstić information content (AvgIpc) is 2.49. The molecule has 0 aromatic carbocycles. The second kappa shape index (κ2) is 7.55. The molecule has 92 valence electrons. The molecule has 1 rings (SSSR count). The summed E-state index contributed by atoms with van der Waals surface area (Å²) in [5.74, 6) is 0.130. The van der Waals surface area contributed by atoms with E-state index in [2.05, 4.69) is 0 Å². The number of alkyl halides is 1. The number of hydrogen-bond donors (Lipinski definition) is 0. The van der Waals surface area contributed by atoms with Gasteiger partial charge in [-0.15, -0.1) is 0 Å². The normalized spacial score (nSPS) is 21.4. The number of carbonyl (C=O) groups is 1. The fraction of sp³-hybridized carbons (Fsp3) is 0.769. The third-order valence-corrected chi connectivity index (χ3v) is 2.78. The van der Waals surface area contributed by atoms with Gasteiger partial charge in [0.1, 0.15) is 6.17 Å². The van der Waals surface area contributed by atoms with E-state index in [9.17, 15) is 9.18 Å². The van der Waals surface area contributed by atoms with Crippen LogP contribution in [-0.2, 0) is 9.53 Å². The van der Waals surface area contributed by atoms with E-state index in [1.54, 1.807) is 0 Å². The average molecular weight is 228 g/mol. The van der Waals surface area contributed by atoms with E-state index in [1.165, 1.54) is 0 Å². The summed E-state index contributed by atoms with van der Waals surface area (Å²) in [6, 6.07) is 0. The lowest BCUT2D eigenvalue weighted by atomic mass is 10.0. The molecular weight excluding hydrogens is 207 g/mol. The second-order valence-electron chi connectivity index (χ2n) is 4.23. The highest BCUT2D eigenvalue weighted by Crippen LogP contribution is 2.21. The monoisotopic (exact) mass is 228 g/mol. The van der Waals surface area contributed by atoms with Crippen LogP contribution >= 0.6 is 0 Å². The van der Waals surface area contributed by atoms with Gasteiger partial charge in [0.25, 0.3) is 0 Å². The lowest BCUT2D eigenvalue weighted by molar-refractivity contribution is -0.116. The molecule has 0 saturated carbocycles. The molecule has 0 aromatic heterocycles. The van der Waals surface area contributed by atoms with E-state index in [0.717, 1.165) is 12.0 Å². The zero-order valence-corrected chi connectivity index (χ0v) is 10.0. The molecule has 0 N–H and O–H groups in total. The molecule has 0 heterocycles. The van der Waals surface area contributed by atoms with Crippen LogP contribution in [0, 0.1) is 0 Å². The van der Waals surface area contributed by atoms with E-state index in [1.807, 2.05) is 13.0 Å². The van der Waals surface area contributed by atoms with E-state index in [4.69, 9.17) is 4.74 Å². The lowest BCUT2D eigenvalue weighted by Crippen LogP contribution is -2.08. The highest BCUT2D eigenvalue weighted by Gasteiger charge is 2.16. The molecule has 1 unspecified atom stereocenters. The van der Waals surface area contributed by atoms with Crippen LogP contribution in [0.3, 0.4) is 0 Å². The van der Waals surface area contributed by atoms with Crippen molar-refractivity contribution in [1.29, 1.82) is 0 Å². The Morgan fingerprint density at radius 2 is 2.31 bits per heavy atom. The molecular formula is C13H21FO2. The van der Waals surface area contributed by atoms with Gasteiger partial charge in [-0.3, -0.25) is 4.79 Å². The molecule has 0 spiro atoms. The predicted molar refractivity (Wildman–Crippen MR) is 62.2 cm³/mol. The van der Waals surface area contributed by atoms with Gasteiger partial charge in [0.2, 0.25) is 0 Å². The van der Waals surface area contributed by atoms with Crippen molar-refractivity contribution in [3.05, 3.63) is 11.6 Å². The topological polar surface area (TPSA) is 26.3 Å². The fourth-order valence-corrected chi connectivity index (χ4v) is 1.82. The number of carbonyl (C=O) groups excluding carboxylic acids is 1. The first kappa shape index (κ1) is 13.4. The summed E-state index contributed by atoms with van der Waals surface area (Å²) >= 11 is 0. The minimum absolute atomic E-state index is 0.130. The van der Waals surface area contributed by atoms with Gasteiger partial charge in [-0.2, -0.15) is 0 Å². The summed E-state index contributed by atoms with van der Waals surface area (Å²) < 4.78 is 18.3. The molecule has 16 heavy (non-hydrogen) atoms. The first-order valence-electron chi connectivity index (χ1n) is 6.18. The molecule has 1 aliphatic rings. The summed E-state index contributed by atoms with van der Waals surface area (Å²) in [4.78, 5) is 11.7. The molecule has 2 nitrogen and oxygen atoms in total. The van der Waals surface area contributed by atoms with Gasteiger partial charge in [0.15, 0.2) is 5.78 Å². The van der Waals surface area contributed by atoms with E-state index >= 15 is 0 Å². The maximum Gasteiger partial charge on any atom is 0.160 e. The van der Waals surface area contributed by atoms with Gasteiger partial charge in [-0.25, -0.2) is 4.39 Å². The SMILES string of the molecule is CCCOCCC(=O)C1=CCCC(F)CC1. The fourth-order valence-electron chi connectivity index (χ4n) is 1.82. The number of rotatable bonds is 6. The molecule has 0 radical (unpaired) electrons. The van der Waals surface area contributed by atoms with Crippen LogP contribution in [0.15, 0.2) is 11.6 Å². The number of hydrogen-bond acceptors (Lipinski definition) is 2. The maximum atomic E-state index is 13.1. The molecule has 3 heteroatoms. The Morgan fingerprint density at radius 1 is 1.50 bits per heavy atom. The van der Waals surface area contributed by atoms with Gasteiger partial charge in [0.05, 0.1) is 6.61 Å². The zero-order chi connectivity index (χ0) is 11.8. The molecule has 0 aliphatic heterocycles. The summed E-state index contributed by atoms with van der Waals surface area (Å²) in [6.07, 6.45) is 4.91. The molecule has 1 atom stereocenters. The van der Waals surface area contributed by atoms with Crippen molar-refractivity contribution in [2.45, 2.75) is 51.6 Å². The van der Waals surface area contributed by atoms with Crippen LogP contribution in [0.5, 0.6) is 0 Å². The van der Waals surface area contributed by atoms with Crippen LogP contribution in [0.1, 0.15) is 45.4 Å². The van der Waals surface area contributed by atoms with Crippen molar-refractivity contribution < 1.29 is 13.9 Å². The third-order valence-electron chi connectivity index (χ3n) is 2.78. The van der Waals surface area contributed by atoms with Crippen LogP contribution in [-0.4, -0.2) is 25.2 Å². The second-order valence-corrected chi connectivity index (χ2v) is 4.23. The van der Waals surface area contributed by atoms with Crippen LogP contribution in [0.25, 0.3) is 0 Å². The van der Waals surface area contributed by atoms with Crippen LogP contribution < -0.4 is 0 Å². The third kappa shape index (κ3) is 4.88. The van der Waals surface area contributed by atoms with Crippen molar-refractivity contribution in [2.75, 3.05) is 13.2 Å². The van der Waals surface area contributed by atoms with Crippen LogP contribution in [0.2, 0.25) is 0 Å². The van der Waals surface area contributed by atoms with E-state index in [-0.39, 0.29) is 5.78 Å². The van der Waals surface area contributed by atoms with Gasteiger partial charge < -0.3 is 4.74 Å². The van der Waals surface area contributed by atoms with Gasteiger partial charge in [0, 0.05) is 13.0 Å². The summed E-state index contributed by atoms with van der Waals surface area (Å²) in [6.45, 7) is 3.24. The minimum Gasteiger partial charge on any atom is -0.381 e. The van der Waals surface area contributed by atoms with Gasteiger partial charge >= 0.3 is 0 Å². The smallest absolute Gasteiger partial charge is 0.160 e. The number of allylic oxidation sites excluding steroid dienone is 2. The van der Waals surface area contributed by atoms with Gasteiger partial charge in [-0.05, 0) is 37.7 Å². The summed E-state index contributed by atoms with van der Waals surface area (Å²) in [7, 11) is 0. The zero-order valence-electron chi connectivity index (χ0n) is 10.0. The standard InChI is InChI=1S/C13H21FO2/c1-2-9-16-10-8-13(15)11-4-3-5-12(14)7-6-11/h4,12H,2-3,5-10H2,1H3. The molecule has 0 saturated heterocycles. The van der Waals surface area contributed by atoms with Crippen molar-refractivity contribution in [1.82, 2.24) is 0 Å². The highest BCUT2D eigenvalue weighted by atomic mass is 19.1. The van der Waals surface area contributed by atoms with Crippen molar-refractivity contribution in [3.8, 4) is 0 Å². The predicted octanol–water partition coefficient (Wildman–Crippen LogP) is 3.21. The molecule has 0 bridgehead atoms. The number of Topliss-reactive ketones (excluding diaryl/α,β-unsaturated/α-hetero) is 1. The van der Waals surface area contributed by atoms with Gasteiger partial charge in [-0.1, -0.05) is 13.0 Å². The first-order valence-corrected chi connectivity index (χ1v) is 6.18. The Balaban J connectivity index is 2.27. The molecule has 1 aliphatic carbocycles. The first-order chi connectivity index (χ1) is 7.74. The number of ketones is 1. The summed E-state index contributed by atoms with van der Waals surface area (Å²) in [5, 5.41) is 0. The van der Waals surface area contributed by atoms with Crippen molar-refractivity contribution in [2.24, 2.45) is 0 Å². The Hall–Kier alpha value is -0.700. The van der Waals surface area contributed by atoms with Crippen LogP contribution in [0.4, 0.5) is 4.39 Å². The Kier molecular flexibility index (Phi) is 6.31. The highest BCUT2D eigenvalue weighted by molar-refractivity contribution is 5.95. The molecule has 0 fully saturated rings. The lowest BCUT2D eigenvalue weighted by Gasteiger charge is -2.05. The number of halogens is 1. The van der Waals surface area contributed by atoms with E-state index in [0.29, 0.717) is 45.3 Å². The quantitative estimate of drug-likeness (QED) is 0.652. The minimum atomic E-state index is -0.738. The Labute approximate surface area is 96.9 Å². The van der Waals surface area contributed by atoms with Crippen molar-refractivity contribution in [3.63, 3.8) is 0 Å². The van der Waals surface area contributed by atoms with Crippen molar-refractivity contribution >= 4 is 5.78 Å². The molecule has 0 amide bonds.